The molecule has 9 nitrogen and oxygen atoms in total. The number of nitrogens with zero attached hydrogens (tertiary/aromatic N) is 4. The Labute approximate surface area is 220 Å². The van der Waals surface area contributed by atoms with Crippen molar-refractivity contribution < 1.29 is 23.8 Å². The Bertz CT molecular complexity index is 1440. The van der Waals surface area contributed by atoms with Crippen LogP contribution in [0.4, 0.5) is 0 Å². The van der Waals surface area contributed by atoms with Crippen molar-refractivity contribution in [2.75, 3.05) is 13.2 Å². The molecule has 1 N–H and O–H groups in total. The van der Waals surface area contributed by atoms with Crippen LogP contribution in [0.25, 0.3) is 11.5 Å². The standard InChI is InChI=1S/C29H28N4O5/c1-19-24(32-28(38-19)21-5-3-2-4-6-21)12-16-37-26-9-7-20(8-10-27(34)35)23-18-33(15-11-22(23)26)29(36)25-17-30-13-14-31-25/h2-7,9,13-14,17H,8,10-12,15-16,18H2,1H3,(H,34,35). The molecule has 1 aliphatic rings. The van der Waals surface area contributed by atoms with Gasteiger partial charge in [-0.25, -0.2) is 9.97 Å². The van der Waals surface area contributed by atoms with Gasteiger partial charge in [0.05, 0.1) is 18.5 Å². The van der Waals surface area contributed by atoms with Crippen LogP contribution in [-0.4, -0.2) is 50.0 Å². The molecule has 194 valence electrons. The van der Waals surface area contributed by atoms with Crippen molar-refractivity contribution in [3.8, 4) is 17.2 Å². The number of aromatic nitrogens is 3. The molecule has 1 aliphatic heterocycles. The third-order valence-corrected chi connectivity index (χ3v) is 6.65. The highest BCUT2D eigenvalue weighted by atomic mass is 16.5. The zero-order valence-electron chi connectivity index (χ0n) is 21.1. The van der Waals surface area contributed by atoms with Gasteiger partial charge in [0.25, 0.3) is 5.91 Å². The van der Waals surface area contributed by atoms with Crippen molar-refractivity contribution in [3.63, 3.8) is 0 Å². The molecule has 0 bridgehead atoms. The fraction of sp³-hybridized carbons (Fsp3) is 0.276. The van der Waals surface area contributed by atoms with Gasteiger partial charge in [-0.05, 0) is 49.1 Å². The number of benzene rings is 2. The molecule has 0 atom stereocenters. The third kappa shape index (κ3) is 5.56. The van der Waals surface area contributed by atoms with E-state index in [0.717, 1.165) is 39.5 Å². The first-order valence-corrected chi connectivity index (χ1v) is 12.5. The second-order valence-corrected chi connectivity index (χ2v) is 9.13. The van der Waals surface area contributed by atoms with Crippen molar-refractivity contribution in [3.05, 3.63) is 94.9 Å². The number of carbonyl (C=O) groups is 2. The van der Waals surface area contributed by atoms with E-state index in [-0.39, 0.29) is 18.0 Å². The number of rotatable bonds is 9. The molecule has 0 spiro atoms. The lowest BCUT2D eigenvalue weighted by atomic mass is 9.91. The van der Waals surface area contributed by atoms with Crippen LogP contribution >= 0.6 is 0 Å². The Balaban J connectivity index is 1.32. The minimum Gasteiger partial charge on any atom is -0.493 e. The van der Waals surface area contributed by atoms with Crippen LogP contribution in [0.5, 0.6) is 5.75 Å². The van der Waals surface area contributed by atoms with E-state index in [1.54, 1.807) is 4.90 Å². The lowest BCUT2D eigenvalue weighted by Gasteiger charge is -2.31. The van der Waals surface area contributed by atoms with Gasteiger partial charge in [0, 0.05) is 49.5 Å². The first-order valence-electron chi connectivity index (χ1n) is 12.5. The molecule has 0 fully saturated rings. The van der Waals surface area contributed by atoms with Gasteiger partial charge in [-0.3, -0.25) is 14.6 Å². The summed E-state index contributed by atoms with van der Waals surface area (Å²) in [6, 6.07) is 13.6. The Morgan fingerprint density at radius 3 is 2.68 bits per heavy atom. The van der Waals surface area contributed by atoms with E-state index < -0.39 is 5.97 Å². The molecule has 1 amide bonds. The van der Waals surface area contributed by atoms with Gasteiger partial charge in [-0.15, -0.1) is 0 Å². The van der Waals surface area contributed by atoms with Crippen LogP contribution < -0.4 is 4.74 Å². The monoisotopic (exact) mass is 512 g/mol. The predicted octanol–water partition coefficient (Wildman–Crippen LogP) is 4.28. The molecule has 9 heteroatoms. The van der Waals surface area contributed by atoms with Crippen molar-refractivity contribution in [1.82, 2.24) is 19.9 Å². The first-order chi connectivity index (χ1) is 18.5. The molecular formula is C29H28N4O5. The zero-order valence-corrected chi connectivity index (χ0v) is 21.1. The van der Waals surface area contributed by atoms with Crippen LogP contribution in [0.1, 0.15) is 45.1 Å². The second kappa shape index (κ2) is 11.2. The molecule has 0 saturated carbocycles. The Morgan fingerprint density at radius 1 is 1.08 bits per heavy atom. The summed E-state index contributed by atoms with van der Waals surface area (Å²) in [5.41, 5.74) is 4.92. The fourth-order valence-electron chi connectivity index (χ4n) is 4.69. The number of carbonyl (C=O) groups excluding carboxylic acids is 1. The highest BCUT2D eigenvalue weighted by Gasteiger charge is 2.27. The van der Waals surface area contributed by atoms with Crippen molar-refractivity contribution >= 4 is 11.9 Å². The molecule has 0 saturated heterocycles. The largest absolute Gasteiger partial charge is 0.493 e. The summed E-state index contributed by atoms with van der Waals surface area (Å²) in [6.45, 7) is 3.17. The topological polar surface area (TPSA) is 119 Å². The average Bonchev–Trinajstić information content (AvgIpc) is 3.32. The number of carboxylic acids is 1. The third-order valence-electron chi connectivity index (χ3n) is 6.65. The molecule has 5 rings (SSSR count). The van der Waals surface area contributed by atoms with Gasteiger partial charge in [0.2, 0.25) is 5.89 Å². The Kier molecular flexibility index (Phi) is 7.44. The number of carboxylic acid groups (broad SMARTS) is 1. The molecule has 4 aromatic rings. The molecule has 0 unspecified atom stereocenters. The van der Waals surface area contributed by atoms with Gasteiger partial charge in [-0.1, -0.05) is 24.3 Å². The quantitative estimate of drug-likeness (QED) is 0.353. The normalized spacial score (nSPS) is 12.7. The molecule has 2 aromatic heterocycles. The smallest absolute Gasteiger partial charge is 0.303 e. The number of hydrogen-bond acceptors (Lipinski definition) is 7. The first kappa shape index (κ1) is 25.1. The fourth-order valence-corrected chi connectivity index (χ4v) is 4.69. The SMILES string of the molecule is Cc1oc(-c2ccccc2)nc1CCOc1ccc(CCC(=O)O)c2c1CCN(C(=O)c1cnccn1)C2. The van der Waals surface area contributed by atoms with Crippen LogP contribution in [0.2, 0.25) is 0 Å². The second-order valence-electron chi connectivity index (χ2n) is 9.13. The van der Waals surface area contributed by atoms with Gasteiger partial charge in [0.15, 0.2) is 0 Å². The van der Waals surface area contributed by atoms with Crippen LogP contribution in [0.3, 0.4) is 0 Å². The van der Waals surface area contributed by atoms with Crippen molar-refractivity contribution in [1.29, 1.82) is 0 Å². The maximum atomic E-state index is 13.0. The number of aliphatic carboxylic acids is 1. The number of ether oxygens (including phenoxy) is 1. The lowest BCUT2D eigenvalue weighted by molar-refractivity contribution is -0.136. The van der Waals surface area contributed by atoms with Gasteiger partial charge >= 0.3 is 5.97 Å². The summed E-state index contributed by atoms with van der Waals surface area (Å²) in [5.74, 6) is 1.04. The number of aryl methyl sites for hydroxylation is 2. The predicted molar refractivity (Wildman–Crippen MR) is 139 cm³/mol. The summed E-state index contributed by atoms with van der Waals surface area (Å²) in [7, 11) is 0. The van der Waals surface area contributed by atoms with Gasteiger partial charge in [-0.2, -0.15) is 0 Å². The molecule has 38 heavy (non-hydrogen) atoms. The van der Waals surface area contributed by atoms with Gasteiger partial charge in [0.1, 0.15) is 17.2 Å². The molecule has 0 aliphatic carbocycles. The number of amides is 1. The van der Waals surface area contributed by atoms with Crippen molar-refractivity contribution in [2.24, 2.45) is 0 Å². The molecule has 2 aromatic carbocycles. The Morgan fingerprint density at radius 2 is 1.92 bits per heavy atom. The van der Waals surface area contributed by atoms with E-state index in [1.807, 2.05) is 49.4 Å². The van der Waals surface area contributed by atoms with Crippen LogP contribution in [-0.2, 0) is 30.6 Å². The molecular weight excluding hydrogens is 484 g/mol. The lowest BCUT2D eigenvalue weighted by Crippen LogP contribution is -2.37. The Hall–Kier alpha value is -4.53. The minimum absolute atomic E-state index is 0.0138. The van der Waals surface area contributed by atoms with E-state index in [0.29, 0.717) is 44.8 Å². The molecule has 3 heterocycles. The summed E-state index contributed by atoms with van der Waals surface area (Å²) >= 11 is 0. The van der Waals surface area contributed by atoms with E-state index in [9.17, 15) is 14.7 Å². The van der Waals surface area contributed by atoms with Gasteiger partial charge < -0.3 is 19.2 Å². The number of hydrogen-bond donors (Lipinski definition) is 1. The summed E-state index contributed by atoms with van der Waals surface area (Å²) in [5, 5.41) is 9.23. The summed E-state index contributed by atoms with van der Waals surface area (Å²) < 4.78 is 12.1. The maximum absolute atomic E-state index is 13.0. The zero-order chi connectivity index (χ0) is 26.5. The highest BCUT2D eigenvalue weighted by Crippen LogP contribution is 2.32. The number of oxazole rings is 1. The maximum Gasteiger partial charge on any atom is 0.303 e. The highest BCUT2D eigenvalue weighted by molar-refractivity contribution is 5.92. The molecule has 0 radical (unpaired) electrons. The average molecular weight is 513 g/mol. The van der Waals surface area contributed by atoms with E-state index >= 15 is 0 Å². The van der Waals surface area contributed by atoms with Crippen molar-refractivity contribution in [2.45, 2.75) is 39.2 Å². The summed E-state index contributed by atoms with van der Waals surface area (Å²) in [4.78, 5) is 38.8. The van der Waals surface area contributed by atoms with E-state index in [2.05, 4.69) is 15.0 Å². The van der Waals surface area contributed by atoms with E-state index in [1.165, 1.54) is 18.6 Å². The minimum atomic E-state index is -0.861. The summed E-state index contributed by atoms with van der Waals surface area (Å²) in [6.07, 6.45) is 6.05. The van der Waals surface area contributed by atoms with Crippen LogP contribution in [0, 0.1) is 6.92 Å². The van der Waals surface area contributed by atoms with Crippen LogP contribution in [0.15, 0.2) is 65.5 Å². The number of fused-ring (bicyclic) bond motifs is 1. The van der Waals surface area contributed by atoms with E-state index in [4.69, 9.17) is 9.15 Å².